The van der Waals surface area contributed by atoms with Crippen molar-refractivity contribution in [3.8, 4) is 11.1 Å². The Labute approximate surface area is 243 Å². The highest BCUT2D eigenvalue weighted by Crippen LogP contribution is 2.21. The van der Waals surface area contributed by atoms with E-state index in [1.807, 2.05) is 35.0 Å². The summed E-state index contributed by atoms with van der Waals surface area (Å²) in [5.41, 5.74) is 2.93. The van der Waals surface area contributed by atoms with Gasteiger partial charge in [0.2, 0.25) is 10.0 Å². The van der Waals surface area contributed by atoms with Crippen LogP contribution in [0.2, 0.25) is 0 Å². The Morgan fingerprint density at radius 2 is 1.71 bits per heavy atom. The highest BCUT2D eigenvalue weighted by atomic mass is 32.2. The number of carboxylic acids is 1. The van der Waals surface area contributed by atoms with Gasteiger partial charge in [-0.05, 0) is 54.4 Å². The smallest absolute Gasteiger partial charge is 0.323 e. The molecule has 1 aromatic heterocycles. The van der Waals surface area contributed by atoms with Crippen molar-refractivity contribution in [3.05, 3.63) is 84.6 Å². The van der Waals surface area contributed by atoms with Crippen LogP contribution in [0.1, 0.15) is 16.8 Å². The highest BCUT2D eigenvalue weighted by molar-refractivity contribution is 7.89. The third-order valence-corrected chi connectivity index (χ3v) is 8.44. The molecule has 0 bridgehead atoms. The molecule has 1 fully saturated rings. The minimum Gasteiger partial charge on any atom is -0.480 e. The van der Waals surface area contributed by atoms with Gasteiger partial charge in [-0.3, -0.25) is 30.2 Å². The second-order valence-corrected chi connectivity index (χ2v) is 11.6. The Morgan fingerprint density at radius 3 is 2.43 bits per heavy atom. The number of aryl methyl sites for hydroxylation is 1. The number of hydrogen-bond donors (Lipinski definition) is 6. The Kier molecular flexibility index (Phi) is 9.25. The van der Waals surface area contributed by atoms with Gasteiger partial charge in [0.25, 0.3) is 5.91 Å². The van der Waals surface area contributed by atoms with Crippen molar-refractivity contribution in [3.63, 3.8) is 0 Å². The maximum atomic E-state index is 12.9. The van der Waals surface area contributed by atoms with Gasteiger partial charge in [-0.15, -0.1) is 0 Å². The summed E-state index contributed by atoms with van der Waals surface area (Å²) in [6, 6.07) is 19.1. The second-order valence-electron chi connectivity index (χ2n) is 9.90. The fourth-order valence-corrected chi connectivity index (χ4v) is 5.91. The summed E-state index contributed by atoms with van der Waals surface area (Å²) < 4.78 is 29.9. The predicted octanol–water partition coefficient (Wildman–Crippen LogP) is 1.32. The van der Waals surface area contributed by atoms with Gasteiger partial charge in [-0.25, -0.2) is 8.42 Å². The van der Waals surface area contributed by atoms with E-state index in [1.165, 1.54) is 12.1 Å². The van der Waals surface area contributed by atoms with Gasteiger partial charge in [0.1, 0.15) is 12.3 Å². The number of carbonyl (C=O) groups is 2. The summed E-state index contributed by atoms with van der Waals surface area (Å²) in [6.07, 6.45) is 2.67. The summed E-state index contributed by atoms with van der Waals surface area (Å²) in [7, 11) is -4.16. The number of sulfonamides is 1. The Morgan fingerprint density at radius 1 is 1.00 bits per heavy atom. The first kappa shape index (κ1) is 29.4. The fourth-order valence-electron chi connectivity index (χ4n) is 4.72. The number of aromatic nitrogens is 2. The highest BCUT2D eigenvalue weighted by Gasteiger charge is 2.26. The average molecular weight is 592 g/mol. The molecule has 1 aliphatic rings. The molecule has 0 radical (unpaired) electrons. The first-order valence-electron chi connectivity index (χ1n) is 13.6. The molecule has 1 saturated heterocycles. The van der Waals surface area contributed by atoms with Crippen LogP contribution in [-0.2, 0) is 21.4 Å². The zero-order valence-corrected chi connectivity index (χ0v) is 23.6. The zero-order valence-electron chi connectivity index (χ0n) is 22.8. The molecule has 42 heavy (non-hydrogen) atoms. The van der Waals surface area contributed by atoms with E-state index in [2.05, 4.69) is 31.1 Å². The summed E-state index contributed by atoms with van der Waals surface area (Å²) in [6.45, 7) is 2.94. The van der Waals surface area contributed by atoms with Gasteiger partial charge in [0.15, 0.2) is 0 Å². The molecule has 0 spiro atoms. The molecule has 220 valence electrons. The number of fused-ring (bicyclic) bond motifs is 1. The SMILES string of the molecule is O=C(NCC(NS(=O)(=O)c1ccc(-c2ccccc2)cc1)C(=O)O)c1ccc2c(cnn2CCCNC2NCCN2)c1. The van der Waals surface area contributed by atoms with E-state index in [4.69, 9.17) is 0 Å². The number of benzene rings is 3. The van der Waals surface area contributed by atoms with Crippen molar-refractivity contribution in [2.45, 2.75) is 30.2 Å². The summed E-state index contributed by atoms with van der Waals surface area (Å²) >= 11 is 0. The summed E-state index contributed by atoms with van der Waals surface area (Å²) in [4.78, 5) is 24.6. The standard InChI is InChI=1S/C29H33N7O5S/c37-27(22-9-12-26-23(17-22)18-34-36(26)16-4-13-30-29-31-14-15-32-29)33-19-25(28(38)39)35-42(40,41)24-10-7-21(8-11-24)20-5-2-1-3-6-20/h1-3,5-12,17-18,25,29-32,35H,4,13-16,19H2,(H,33,37)(H,38,39). The predicted molar refractivity (Wildman–Crippen MR) is 158 cm³/mol. The molecule has 2 heterocycles. The van der Waals surface area contributed by atoms with Crippen LogP contribution in [0.5, 0.6) is 0 Å². The summed E-state index contributed by atoms with van der Waals surface area (Å²) in [5.74, 6) is -1.94. The van der Waals surface area contributed by atoms with Crippen LogP contribution in [0.4, 0.5) is 0 Å². The molecule has 3 aromatic carbocycles. The van der Waals surface area contributed by atoms with E-state index < -0.39 is 34.5 Å². The largest absolute Gasteiger partial charge is 0.480 e. The quantitative estimate of drug-likeness (QED) is 0.126. The molecule has 6 N–H and O–H groups in total. The molecule has 1 aliphatic heterocycles. The molecule has 0 saturated carbocycles. The van der Waals surface area contributed by atoms with Crippen molar-refractivity contribution in [1.82, 2.24) is 35.8 Å². The van der Waals surface area contributed by atoms with E-state index in [0.717, 1.165) is 48.1 Å². The van der Waals surface area contributed by atoms with Crippen molar-refractivity contribution in [2.24, 2.45) is 0 Å². The maximum absolute atomic E-state index is 12.9. The van der Waals surface area contributed by atoms with Crippen molar-refractivity contribution in [1.29, 1.82) is 0 Å². The lowest BCUT2D eigenvalue weighted by Crippen LogP contribution is -2.48. The normalized spacial score (nSPS) is 14.7. The van der Waals surface area contributed by atoms with Crippen molar-refractivity contribution >= 4 is 32.8 Å². The number of aliphatic carboxylic acids is 1. The molecule has 5 rings (SSSR count). The van der Waals surface area contributed by atoms with Crippen molar-refractivity contribution < 1.29 is 23.1 Å². The van der Waals surface area contributed by atoms with Crippen LogP contribution >= 0.6 is 0 Å². The number of carbonyl (C=O) groups excluding carboxylic acids is 1. The number of nitrogens with one attached hydrogen (secondary N) is 5. The van der Waals surface area contributed by atoms with Crippen LogP contribution in [0.25, 0.3) is 22.0 Å². The molecular formula is C29H33N7O5S. The number of amides is 1. The van der Waals surface area contributed by atoms with E-state index in [9.17, 15) is 23.1 Å². The van der Waals surface area contributed by atoms with E-state index in [1.54, 1.807) is 36.5 Å². The first-order chi connectivity index (χ1) is 20.3. The lowest BCUT2D eigenvalue weighted by atomic mass is 10.1. The van der Waals surface area contributed by atoms with Crippen LogP contribution in [0.15, 0.2) is 83.9 Å². The Bertz CT molecular complexity index is 1640. The molecular weight excluding hydrogens is 558 g/mol. The van der Waals surface area contributed by atoms with E-state index in [0.29, 0.717) is 12.1 Å². The van der Waals surface area contributed by atoms with Gasteiger partial charge in [-0.1, -0.05) is 42.5 Å². The third kappa shape index (κ3) is 7.19. The molecule has 1 atom stereocenters. The average Bonchev–Trinajstić information content (AvgIpc) is 3.67. The summed E-state index contributed by atoms with van der Waals surface area (Å²) in [5, 5.41) is 27.3. The van der Waals surface area contributed by atoms with E-state index >= 15 is 0 Å². The first-order valence-corrected chi connectivity index (χ1v) is 15.1. The number of nitrogens with zero attached hydrogens (tertiary/aromatic N) is 2. The monoisotopic (exact) mass is 591 g/mol. The van der Waals surface area contributed by atoms with Crippen LogP contribution in [-0.4, -0.2) is 73.7 Å². The fraction of sp³-hybridized carbons (Fsp3) is 0.276. The molecule has 1 unspecified atom stereocenters. The topological polar surface area (TPSA) is 166 Å². The van der Waals surface area contributed by atoms with Crippen LogP contribution < -0.4 is 26.0 Å². The number of rotatable bonds is 13. The van der Waals surface area contributed by atoms with Gasteiger partial charge < -0.3 is 10.4 Å². The molecule has 1 amide bonds. The van der Waals surface area contributed by atoms with Crippen molar-refractivity contribution in [2.75, 3.05) is 26.2 Å². The third-order valence-electron chi connectivity index (χ3n) is 6.96. The molecule has 4 aromatic rings. The van der Waals surface area contributed by atoms with Gasteiger partial charge in [-0.2, -0.15) is 9.82 Å². The molecule has 0 aliphatic carbocycles. The van der Waals surface area contributed by atoms with Gasteiger partial charge >= 0.3 is 5.97 Å². The molecule has 13 heteroatoms. The second kappa shape index (κ2) is 13.2. The van der Waals surface area contributed by atoms with Crippen LogP contribution in [0, 0.1) is 0 Å². The lowest BCUT2D eigenvalue weighted by molar-refractivity contribution is -0.138. The van der Waals surface area contributed by atoms with Gasteiger partial charge in [0.05, 0.1) is 16.6 Å². The number of hydrogen-bond acceptors (Lipinski definition) is 8. The minimum absolute atomic E-state index is 0.0788. The van der Waals surface area contributed by atoms with E-state index in [-0.39, 0.29) is 11.2 Å². The number of carboxylic acid groups (broad SMARTS) is 1. The minimum atomic E-state index is -4.16. The Balaban J connectivity index is 1.16. The Hall–Kier alpha value is -4.14. The van der Waals surface area contributed by atoms with Gasteiger partial charge in [0, 0.05) is 37.1 Å². The lowest BCUT2D eigenvalue weighted by Gasteiger charge is -2.16. The zero-order chi connectivity index (χ0) is 29.5. The maximum Gasteiger partial charge on any atom is 0.323 e. The van der Waals surface area contributed by atoms with Crippen LogP contribution in [0.3, 0.4) is 0 Å². The molecule has 12 nitrogen and oxygen atoms in total.